The lowest BCUT2D eigenvalue weighted by atomic mass is 9.90. The number of hydrogen-bond donors (Lipinski definition) is 2. The molecule has 3 nitrogen and oxygen atoms in total. The summed E-state index contributed by atoms with van der Waals surface area (Å²) in [4.78, 5) is 11.9. The summed E-state index contributed by atoms with van der Waals surface area (Å²) >= 11 is 0. The number of nitrogens with two attached hydrogens (primary N) is 1. The molecule has 0 aliphatic heterocycles. The molecule has 0 saturated heterocycles. The first-order valence-corrected chi connectivity index (χ1v) is 6.73. The van der Waals surface area contributed by atoms with Gasteiger partial charge in [-0.15, -0.1) is 0 Å². The maximum atomic E-state index is 11.9. The summed E-state index contributed by atoms with van der Waals surface area (Å²) in [5, 5.41) is 3.01. The number of carbonyl (C=O) groups excluding carboxylic acids is 1. The van der Waals surface area contributed by atoms with Gasteiger partial charge in [-0.2, -0.15) is 0 Å². The summed E-state index contributed by atoms with van der Waals surface area (Å²) in [6.07, 6.45) is 9.38. The molecule has 1 aliphatic carbocycles. The SMILES string of the molecule is CC(N)CCNC(=O)C1CCCCCCC1. The van der Waals surface area contributed by atoms with Gasteiger partial charge in [0.2, 0.25) is 5.91 Å². The van der Waals surface area contributed by atoms with Gasteiger partial charge in [0.25, 0.3) is 0 Å². The quantitative estimate of drug-likeness (QED) is 0.772. The van der Waals surface area contributed by atoms with Gasteiger partial charge < -0.3 is 11.1 Å². The summed E-state index contributed by atoms with van der Waals surface area (Å²) in [5.41, 5.74) is 5.65. The Morgan fingerprint density at radius 2 is 1.81 bits per heavy atom. The van der Waals surface area contributed by atoms with Crippen LogP contribution in [0.3, 0.4) is 0 Å². The van der Waals surface area contributed by atoms with Crippen LogP contribution in [0.4, 0.5) is 0 Å². The van der Waals surface area contributed by atoms with Crippen molar-refractivity contribution in [2.24, 2.45) is 11.7 Å². The topological polar surface area (TPSA) is 55.1 Å². The highest BCUT2D eigenvalue weighted by molar-refractivity contribution is 5.78. The van der Waals surface area contributed by atoms with E-state index in [2.05, 4.69) is 5.32 Å². The van der Waals surface area contributed by atoms with Crippen molar-refractivity contribution < 1.29 is 4.79 Å². The molecule has 1 saturated carbocycles. The number of rotatable bonds is 4. The number of nitrogens with one attached hydrogen (secondary N) is 1. The predicted octanol–water partition coefficient (Wildman–Crippen LogP) is 2.20. The highest BCUT2D eigenvalue weighted by atomic mass is 16.1. The minimum Gasteiger partial charge on any atom is -0.356 e. The minimum atomic E-state index is 0.178. The first-order chi connectivity index (χ1) is 7.70. The zero-order valence-corrected chi connectivity index (χ0v) is 10.5. The van der Waals surface area contributed by atoms with Crippen molar-refractivity contribution in [1.29, 1.82) is 0 Å². The van der Waals surface area contributed by atoms with E-state index in [1.54, 1.807) is 0 Å². The molecule has 3 heteroatoms. The summed E-state index contributed by atoms with van der Waals surface area (Å²) in [6.45, 7) is 2.70. The molecule has 0 aromatic heterocycles. The van der Waals surface area contributed by atoms with E-state index in [0.29, 0.717) is 0 Å². The van der Waals surface area contributed by atoms with Gasteiger partial charge >= 0.3 is 0 Å². The summed E-state index contributed by atoms with van der Waals surface area (Å²) in [5.74, 6) is 0.510. The molecular formula is C13H26N2O. The average molecular weight is 226 g/mol. The molecule has 0 heterocycles. The number of hydrogen-bond acceptors (Lipinski definition) is 2. The van der Waals surface area contributed by atoms with Crippen LogP contribution in [0, 0.1) is 5.92 Å². The molecule has 0 aromatic rings. The normalized spacial score (nSPS) is 20.9. The van der Waals surface area contributed by atoms with E-state index in [0.717, 1.165) is 25.8 Å². The molecule has 1 unspecified atom stereocenters. The summed E-state index contributed by atoms with van der Waals surface area (Å²) in [6, 6.07) is 0.178. The highest BCUT2D eigenvalue weighted by Crippen LogP contribution is 2.22. The van der Waals surface area contributed by atoms with Crippen molar-refractivity contribution in [2.45, 2.75) is 64.3 Å². The molecule has 1 atom stereocenters. The highest BCUT2D eigenvalue weighted by Gasteiger charge is 2.18. The Labute approximate surface area is 99.2 Å². The third kappa shape index (κ3) is 5.50. The second kappa shape index (κ2) is 7.66. The second-order valence-corrected chi connectivity index (χ2v) is 5.10. The maximum Gasteiger partial charge on any atom is 0.223 e. The Morgan fingerprint density at radius 1 is 1.25 bits per heavy atom. The van der Waals surface area contributed by atoms with Crippen LogP contribution in [-0.4, -0.2) is 18.5 Å². The Morgan fingerprint density at radius 3 is 2.38 bits per heavy atom. The van der Waals surface area contributed by atoms with Crippen molar-refractivity contribution >= 4 is 5.91 Å². The number of amides is 1. The molecule has 1 aliphatic rings. The van der Waals surface area contributed by atoms with Crippen molar-refractivity contribution in [1.82, 2.24) is 5.32 Å². The van der Waals surface area contributed by atoms with E-state index in [1.807, 2.05) is 6.92 Å². The van der Waals surface area contributed by atoms with E-state index in [9.17, 15) is 4.79 Å². The largest absolute Gasteiger partial charge is 0.356 e. The van der Waals surface area contributed by atoms with Crippen molar-refractivity contribution in [3.8, 4) is 0 Å². The van der Waals surface area contributed by atoms with Crippen LogP contribution in [-0.2, 0) is 4.79 Å². The first-order valence-electron chi connectivity index (χ1n) is 6.73. The van der Waals surface area contributed by atoms with Crippen LogP contribution in [0.1, 0.15) is 58.3 Å². The monoisotopic (exact) mass is 226 g/mol. The van der Waals surface area contributed by atoms with Gasteiger partial charge in [-0.3, -0.25) is 4.79 Å². The molecular weight excluding hydrogens is 200 g/mol. The smallest absolute Gasteiger partial charge is 0.223 e. The van der Waals surface area contributed by atoms with E-state index >= 15 is 0 Å². The molecule has 16 heavy (non-hydrogen) atoms. The number of carbonyl (C=O) groups is 1. The Balaban J connectivity index is 2.22. The van der Waals surface area contributed by atoms with Crippen molar-refractivity contribution in [3.63, 3.8) is 0 Å². The van der Waals surface area contributed by atoms with Crippen molar-refractivity contribution in [2.75, 3.05) is 6.54 Å². The lowest BCUT2D eigenvalue weighted by molar-refractivity contribution is -0.125. The summed E-state index contributed by atoms with van der Waals surface area (Å²) < 4.78 is 0. The minimum absolute atomic E-state index is 0.178. The zero-order valence-electron chi connectivity index (χ0n) is 10.5. The Kier molecular flexibility index (Phi) is 6.46. The van der Waals surface area contributed by atoms with E-state index in [1.165, 1.54) is 32.1 Å². The molecule has 1 fully saturated rings. The van der Waals surface area contributed by atoms with Crippen LogP contribution in [0.2, 0.25) is 0 Å². The van der Waals surface area contributed by atoms with E-state index in [4.69, 9.17) is 5.73 Å². The fourth-order valence-corrected chi connectivity index (χ4v) is 2.29. The maximum absolute atomic E-state index is 11.9. The molecule has 1 rings (SSSR count). The third-order valence-electron chi connectivity index (χ3n) is 3.37. The van der Waals surface area contributed by atoms with Gasteiger partial charge in [-0.1, -0.05) is 32.1 Å². The molecule has 0 aromatic carbocycles. The molecule has 0 radical (unpaired) electrons. The fourth-order valence-electron chi connectivity index (χ4n) is 2.29. The van der Waals surface area contributed by atoms with Gasteiger partial charge in [0.1, 0.15) is 0 Å². The Hall–Kier alpha value is -0.570. The lowest BCUT2D eigenvalue weighted by Gasteiger charge is -2.19. The Bertz CT molecular complexity index is 196. The van der Waals surface area contributed by atoms with E-state index in [-0.39, 0.29) is 17.9 Å². The lowest BCUT2D eigenvalue weighted by Crippen LogP contribution is -2.34. The van der Waals surface area contributed by atoms with Gasteiger partial charge in [-0.05, 0) is 26.2 Å². The van der Waals surface area contributed by atoms with Gasteiger partial charge in [0, 0.05) is 18.5 Å². The molecule has 1 amide bonds. The van der Waals surface area contributed by atoms with Crippen molar-refractivity contribution in [3.05, 3.63) is 0 Å². The second-order valence-electron chi connectivity index (χ2n) is 5.10. The first kappa shape index (κ1) is 13.5. The van der Waals surface area contributed by atoms with Gasteiger partial charge in [0.15, 0.2) is 0 Å². The summed E-state index contributed by atoms with van der Waals surface area (Å²) in [7, 11) is 0. The molecule has 3 N–H and O–H groups in total. The zero-order chi connectivity index (χ0) is 11.8. The standard InChI is InChI=1S/C13H26N2O/c1-11(14)9-10-15-13(16)12-7-5-3-2-4-6-8-12/h11-12H,2-10,14H2,1H3,(H,15,16). The van der Waals surface area contributed by atoms with Crippen LogP contribution < -0.4 is 11.1 Å². The van der Waals surface area contributed by atoms with Crippen LogP contribution >= 0.6 is 0 Å². The van der Waals surface area contributed by atoms with Gasteiger partial charge in [-0.25, -0.2) is 0 Å². The molecule has 0 spiro atoms. The van der Waals surface area contributed by atoms with Crippen LogP contribution in [0.25, 0.3) is 0 Å². The predicted molar refractivity (Wildman–Crippen MR) is 67.1 cm³/mol. The van der Waals surface area contributed by atoms with E-state index < -0.39 is 0 Å². The molecule has 94 valence electrons. The van der Waals surface area contributed by atoms with Crippen LogP contribution in [0.5, 0.6) is 0 Å². The fraction of sp³-hybridized carbons (Fsp3) is 0.923. The van der Waals surface area contributed by atoms with Gasteiger partial charge in [0.05, 0.1) is 0 Å². The average Bonchev–Trinajstić information content (AvgIpc) is 2.15. The third-order valence-corrected chi connectivity index (χ3v) is 3.37. The van der Waals surface area contributed by atoms with Crippen LogP contribution in [0.15, 0.2) is 0 Å². The molecule has 0 bridgehead atoms.